The van der Waals surface area contributed by atoms with Gasteiger partial charge in [0.05, 0.1) is 5.52 Å². The van der Waals surface area contributed by atoms with Crippen molar-refractivity contribution in [1.82, 2.24) is 4.98 Å². The molecular weight excluding hydrogens is 309 g/mol. The van der Waals surface area contributed by atoms with Crippen LogP contribution >= 0.6 is 11.6 Å². The van der Waals surface area contributed by atoms with Gasteiger partial charge in [-0.2, -0.15) is 0 Å². The first-order valence-electron chi connectivity index (χ1n) is 6.26. The number of carbonyl (C=O) groups excluding carboxylic acids is 1. The molecule has 3 rings (SSSR count). The highest BCUT2D eigenvalue weighted by Crippen LogP contribution is 2.35. The molecule has 0 unspecified atom stereocenters. The molecule has 0 spiro atoms. The van der Waals surface area contributed by atoms with Gasteiger partial charge in [0.25, 0.3) is 5.91 Å². The molecule has 3 aromatic rings. The summed E-state index contributed by atoms with van der Waals surface area (Å²) in [5.74, 6) is -1.36. The van der Waals surface area contributed by atoms with E-state index in [1.165, 1.54) is 30.3 Å². The van der Waals surface area contributed by atoms with Gasteiger partial charge in [-0.15, -0.1) is 10.2 Å². The average Bonchev–Trinajstić information content (AvgIpc) is 2.80. The van der Waals surface area contributed by atoms with Crippen molar-refractivity contribution in [3.63, 3.8) is 0 Å². The second-order valence-electron chi connectivity index (χ2n) is 4.52. The minimum atomic E-state index is -0.596. The zero-order chi connectivity index (χ0) is 15.7. The highest BCUT2D eigenvalue weighted by molar-refractivity contribution is 6.30. The van der Waals surface area contributed by atoms with Crippen molar-refractivity contribution in [1.29, 1.82) is 0 Å². The molecule has 0 aliphatic carbocycles. The fourth-order valence-electron chi connectivity index (χ4n) is 1.98. The summed E-state index contributed by atoms with van der Waals surface area (Å²) in [6.07, 6.45) is 0. The van der Waals surface area contributed by atoms with Crippen molar-refractivity contribution in [3.05, 3.63) is 58.9 Å². The first kappa shape index (κ1) is 14.2. The maximum absolute atomic E-state index is 13.3. The molecule has 0 radical (unpaired) electrons. The van der Waals surface area contributed by atoms with E-state index in [0.717, 1.165) is 0 Å². The van der Waals surface area contributed by atoms with Crippen molar-refractivity contribution in [3.8, 4) is 5.88 Å². The Hall–Kier alpha value is -2.73. The maximum Gasteiger partial charge on any atom is 0.295 e. The zero-order valence-corrected chi connectivity index (χ0v) is 11.8. The normalized spacial score (nSPS) is 11.4. The number of rotatable bonds is 2. The summed E-state index contributed by atoms with van der Waals surface area (Å²) < 4.78 is 13.3. The van der Waals surface area contributed by atoms with Crippen LogP contribution < -0.4 is 0 Å². The summed E-state index contributed by atoms with van der Waals surface area (Å²) in [5, 5.41) is 17.9. The lowest BCUT2D eigenvalue weighted by atomic mass is 10.2. The number of halogens is 2. The number of aromatic amines is 1. The summed E-state index contributed by atoms with van der Waals surface area (Å²) in [5.41, 5.74) is 0.808. The summed E-state index contributed by atoms with van der Waals surface area (Å²) in [6, 6.07) is 10.1. The largest absolute Gasteiger partial charge is 0.493 e. The second kappa shape index (κ2) is 5.57. The average molecular weight is 318 g/mol. The van der Waals surface area contributed by atoms with Gasteiger partial charge in [-0.3, -0.25) is 4.79 Å². The molecule has 0 saturated heterocycles. The number of fused-ring (bicyclic) bond motifs is 1. The minimum Gasteiger partial charge on any atom is -0.493 e. The monoisotopic (exact) mass is 317 g/mol. The predicted octanol–water partition coefficient (Wildman–Crippen LogP) is 4.59. The molecule has 110 valence electrons. The second-order valence-corrected chi connectivity index (χ2v) is 4.96. The number of aromatic hydroxyl groups is 1. The topological polar surface area (TPSA) is 77.8 Å². The number of benzene rings is 2. The van der Waals surface area contributed by atoms with Crippen molar-refractivity contribution in [2.75, 3.05) is 0 Å². The molecular formula is C15H9ClFN3O2. The van der Waals surface area contributed by atoms with Crippen molar-refractivity contribution < 1.29 is 14.3 Å². The van der Waals surface area contributed by atoms with Gasteiger partial charge in [-0.1, -0.05) is 11.6 Å². The number of hydrogen-bond acceptors (Lipinski definition) is 3. The van der Waals surface area contributed by atoms with Gasteiger partial charge in [0.1, 0.15) is 5.82 Å². The molecule has 0 fully saturated rings. The van der Waals surface area contributed by atoms with Crippen LogP contribution in [0.4, 0.5) is 10.1 Å². The molecule has 0 aliphatic heterocycles. The van der Waals surface area contributed by atoms with Gasteiger partial charge in [0.15, 0.2) is 5.69 Å². The molecule has 0 bridgehead atoms. The summed E-state index contributed by atoms with van der Waals surface area (Å²) in [7, 11) is 0. The van der Waals surface area contributed by atoms with Crippen molar-refractivity contribution in [2.45, 2.75) is 0 Å². The third-order valence-corrected chi connectivity index (χ3v) is 3.30. The van der Waals surface area contributed by atoms with E-state index in [0.29, 0.717) is 21.5 Å². The van der Waals surface area contributed by atoms with E-state index >= 15 is 0 Å². The lowest BCUT2D eigenvalue weighted by Crippen LogP contribution is -1.92. The fraction of sp³-hybridized carbons (Fsp3) is 0. The Morgan fingerprint density at radius 1 is 1.18 bits per heavy atom. The quantitative estimate of drug-likeness (QED) is 0.678. The van der Waals surface area contributed by atoms with Crippen molar-refractivity contribution >= 4 is 34.1 Å². The molecule has 2 N–H and O–H groups in total. The number of nitrogens with one attached hydrogen (secondary N) is 1. The van der Waals surface area contributed by atoms with Gasteiger partial charge in [-0.05, 0) is 42.5 Å². The van der Waals surface area contributed by atoms with Gasteiger partial charge in [-0.25, -0.2) is 4.39 Å². The summed E-state index contributed by atoms with van der Waals surface area (Å²) >= 11 is 5.74. The first-order chi connectivity index (χ1) is 10.5. The molecule has 2 aromatic carbocycles. The Labute approximate surface area is 129 Å². The Morgan fingerprint density at radius 2 is 1.91 bits per heavy atom. The smallest absolute Gasteiger partial charge is 0.295 e. The van der Waals surface area contributed by atoms with Crippen LogP contribution in [0.5, 0.6) is 5.88 Å². The van der Waals surface area contributed by atoms with E-state index in [-0.39, 0.29) is 11.6 Å². The van der Waals surface area contributed by atoms with Crippen LogP contribution in [0.2, 0.25) is 5.02 Å². The van der Waals surface area contributed by atoms with E-state index in [1.54, 1.807) is 12.1 Å². The van der Waals surface area contributed by atoms with Crippen molar-refractivity contribution in [2.24, 2.45) is 10.2 Å². The highest BCUT2D eigenvalue weighted by atomic mass is 35.5. The molecule has 0 atom stereocenters. The third-order valence-electron chi connectivity index (χ3n) is 3.05. The molecule has 7 heteroatoms. The van der Waals surface area contributed by atoms with Crippen LogP contribution in [-0.4, -0.2) is 16.0 Å². The standard InChI is InChI=1S/C15H9ClFN3O2/c16-9-3-1-8(2-4-9)14(21)20-19-13-11-7-10(17)5-6-12(11)18-15(13)22/h1-7,18,22H. The van der Waals surface area contributed by atoms with E-state index in [1.807, 2.05) is 0 Å². The number of amides is 1. The molecule has 1 aromatic heterocycles. The Bertz CT molecular complexity index is 888. The molecule has 22 heavy (non-hydrogen) atoms. The molecule has 0 saturated carbocycles. The van der Waals surface area contributed by atoms with Crippen LogP contribution in [-0.2, 0) is 0 Å². The Kier molecular flexibility index (Phi) is 3.60. The SMILES string of the molecule is O=C(N=Nc1c(O)[nH]c2ccc(F)cc12)c1ccc(Cl)cc1. The number of nitrogens with zero attached hydrogens (tertiary/aromatic N) is 2. The number of aromatic nitrogens is 1. The van der Waals surface area contributed by atoms with Crippen LogP contribution in [0.3, 0.4) is 0 Å². The van der Waals surface area contributed by atoms with Gasteiger partial charge in [0, 0.05) is 16.0 Å². The Morgan fingerprint density at radius 3 is 2.64 bits per heavy atom. The fourth-order valence-corrected chi connectivity index (χ4v) is 2.11. The molecule has 1 amide bonds. The number of azo groups is 1. The zero-order valence-electron chi connectivity index (χ0n) is 11.0. The summed E-state index contributed by atoms with van der Waals surface area (Å²) in [4.78, 5) is 14.5. The minimum absolute atomic E-state index is 0.0109. The van der Waals surface area contributed by atoms with Gasteiger partial charge >= 0.3 is 0 Å². The van der Waals surface area contributed by atoms with Gasteiger partial charge < -0.3 is 10.1 Å². The third kappa shape index (κ3) is 2.68. The number of H-pyrrole nitrogens is 1. The van der Waals surface area contributed by atoms with E-state index in [9.17, 15) is 14.3 Å². The van der Waals surface area contributed by atoms with E-state index in [4.69, 9.17) is 11.6 Å². The number of carbonyl (C=O) groups is 1. The first-order valence-corrected chi connectivity index (χ1v) is 6.64. The van der Waals surface area contributed by atoms with Gasteiger partial charge in [0.2, 0.25) is 5.88 Å². The molecule has 1 heterocycles. The number of hydrogen-bond donors (Lipinski definition) is 2. The van der Waals surface area contributed by atoms with E-state index < -0.39 is 11.7 Å². The molecule has 0 aliphatic rings. The van der Waals surface area contributed by atoms with Crippen LogP contribution in [0.25, 0.3) is 10.9 Å². The van der Waals surface area contributed by atoms with Crippen LogP contribution in [0.15, 0.2) is 52.7 Å². The predicted molar refractivity (Wildman–Crippen MR) is 80.2 cm³/mol. The van der Waals surface area contributed by atoms with Crippen LogP contribution in [0.1, 0.15) is 10.4 Å². The lowest BCUT2D eigenvalue weighted by molar-refractivity contribution is 0.0995. The Balaban J connectivity index is 1.95. The highest BCUT2D eigenvalue weighted by Gasteiger charge is 2.12. The lowest BCUT2D eigenvalue weighted by Gasteiger charge is -1.95. The maximum atomic E-state index is 13.3. The molecule has 5 nitrogen and oxygen atoms in total. The van der Waals surface area contributed by atoms with E-state index in [2.05, 4.69) is 15.2 Å². The van der Waals surface area contributed by atoms with Crippen LogP contribution in [0, 0.1) is 5.82 Å². The summed E-state index contributed by atoms with van der Waals surface area (Å²) in [6.45, 7) is 0.